The second kappa shape index (κ2) is 6.11. The predicted molar refractivity (Wildman–Crippen MR) is 75.4 cm³/mol. The maximum atomic E-state index is 13.3. The molecule has 0 radical (unpaired) electrons. The first-order chi connectivity index (χ1) is 9.90. The van der Waals surface area contributed by atoms with E-state index in [4.69, 9.17) is 0 Å². The van der Waals surface area contributed by atoms with Gasteiger partial charge in [0, 0.05) is 24.4 Å². The molecule has 0 aliphatic heterocycles. The second-order valence-corrected chi connectivity index (χ2v) is 5.17. The predicted octanol–water partition coefficient (Wildman–Crippen LogP) is 3.80. The van der Waals surface area contributed by atoms with Crippen LogP contribution in [0.2, 0.25) is 0 Å². The average Bonchev–Trinajstić information content (AvgIpc) is 2.43. The lowest BCUT2D eigenvalue weighted by Crippen LogP contribution is -2.04. The molecule has 1 aromatic carbocycles. The molecule has 3 nitrogen and oxygen atoms in total. The van der Waals surface area contributed by atoms with Crippen molar-refractivity contribution in [2.75, 3.05) is 12.4 Å². The van der Waals surface area contributed by atoms with Gasteiger partial charge in [-0.05, 0) is 24.5 Å². The van der Waals surface area contributed by atoms with E-state index in [9.17, 15) is 13.2 Å². The van der Waals surface area contributed by atoms with Gasteiger partial charge in [-0.2, -0.15) is 0 Å². The minimum absolute atomic E-state index is 0.105. The molecule has 21 heavy (non-hydrogen) atoms. The highest BCUT2D eigenvalue weighted by molar-refractivity contribution is 5.58. The van der Waals surface area contributed by atoms with Crippen LogP contribution in [0.25, 0.3) is 11.4 Å². The summed E-state index contributed by atoms with van der Waals surface area (Å²) in [5, 5.41) is 2.88. The number of hydrogen-bond acceptors (Lipinski definition) is 3. The van der Waals surface area contributed by atoms with Gasteiger partial charge in [-0.25, -0.2) is 23.1 Å². The number of nitrogens with one attached hydrogen (secondary N) is 1. The van der Waals surface area contributed by atoms with Crippen molar-refractivity contribution in [1.29, 1.82) is 0 Å². The summed E-state index contributed by atoms with van der Waals surface area (Å²) in [6, 6.07) is 3.57. The van der Waals surface area contributed by atoms with Crippen molar-refractivity contribution in [3.8, 4) is 11.4 Å². The summed E-state index contributed by atoms with van der Waals surface area (Å²) in [6.45, 7) is 4.08. The van der Waals surface area contributed by atoms with Crippen molar-refractivity contribution in [2.24, 2.45) is 5.92 Å². The van der Waals surface area contributed by atoms with Gasteiger partial charge in [0.1, 0.15) is 5.82 Å². The summed E-state index contributed by atoms with van der Waals surface area (Å²) in [4.78, 5) is 8.46. The molecular weight excluding hydrogens is 279 g/mol. The molecule has 0 bridgehead atoms. The SMILES string of the molecule is CNc1cc(CC(C)C)nc(-c2cc(F)c(F)c(F)c2)n1. The molecule has 0 spiro atoms. The third-order valence-corrected chi connectivity index (χ3v) is 2.89. The highest BCUT2D eigenvalue weighted by atomic mass is 19.2. The third-order valence-electron chi connectivity index (χ3n) is 2.89. The topological polar surface area (TPSA) is 37.8 Å². The molecule has 0 aliphatic carbocycles. The first-order valence-corrected chi connectivity index (χ1v) is 6.61. The molecule has 0 fully saturated rings. The van der Waals surface area contributed by atoms with Crippen LogP contribution in [0.4, 0.5) is 19.0 Å². The minimum atomic E-state index is -1.49. The van der Waals surface area contributed by atoms with Crippen LogP contribution >= 0.6 is 0 Å². The molecule has 0 saturated heterocycles. The number of benzene rings is 1. The van der Waals surface area contributed by atoms with Crippen LogP contribution in [-0.4, -0.2) is 17.0 Å². The first-order valence-electron chi connectivity index (χ1n) is 6.61. The Kier molecular flexibility index (Phi) is 4.45. The van der Waals surface area contributed by atoms with E-state index < -0.39 is 17.5 Å². The number of nitrogens with zero attached hydrogens (tertiary/aromatic N) is 2. The zero-order valence-electron chi connectivity index (χ0n) is 12.0. The van der Waals surface area contributed by atoms with Crippen molar-refractivity contribution in [1.82, 2.24) is 9.97 Å². The molecule has 0 saturated carbocycles. The maximum absolute atomic E-state index is 13.3. The lowest BCUT2D eigenvalue weighted by atomic mass is 10.1. The molecule has 0 amide bonds. The summed E-state index contributed by atoms with van der Waals surface area (Å²) < 4.78 is 39.7. The summed E-state index contributed by atoms with van der Waals surface area (Å²) in [5.41, 5.74) is 0.859. The third kappa shape index (κ3) is 3.51. The molecule has 1 N–H and O–H groups in total. The molecule has 0 aliphatic rings. The largest absolute Gasteiger partial charge is 0.373 e. The van der Waals surface area contributed by atoms with Gasteiger partial charge in [0.2, 0.25) is 0 Å². The fourth-order valence-electron chi connectivity index (χ4n) is 1.96. The maximum Gasteiger partial charge on any atom is 0.194 e. The van der Waals surface area contributed by atoms with Crippen molar-refractivity contribution in [2.45, 2.75) is 20.3 Å². The Labute approximate surface area is 121 Å². The fraction of sp³-hybridized carbons (Fsp3) is 0.333. The lowest BCUT2D eigenvalue weighted by molar-refractivity contribution is 0.447. The summed E-state index contributed by atoms with van der Waals surface area (Å²) in [7, 11) is 1.69. The van der Waals surface area contributed by atoms with E-state index in [-0.39, 0.29) is 11.4 Å². The van der Waals surface area contributed by atoms with Crippen LogP contribution in [0.1, 0.15) is 19.5 Å². The Balaban J connectivity index is 2.52. The average molecular weight is 295 g/mol. The van der Waals surface area contributed by atoms with Crippen LogP contribution in [0.15, 0.2) is 18.2 Å². The molecule has 2 aromatic rings. The van der Waals surface area contributed by atoms with Gasteiger partial charge in [0.15, 0.2) is 23.3 Å². The summed E-state index contributed by atoms with van der Waals surface area (Å²) >= 11 is 0. The Morgan fingerprint density at radius 3 is 2.19 bits per heavy atom. The van der Waals surface area contributed by atoms with Gasteiger partial charge in [0.25, 0.3) is 0 Å². The normalized spacial score (nSPS) is 11.0. The van der Waals surface area contributed by atoms with Crippen LogP contribution in [-0.2, 0) is 6.42 Å². The second-order valence-electron chi connectivity index (χ2n) is 5.17. The fourth-order valence-corrected chi connectivity index (χ4v) is 1.96. The summed E-state index contributed by atoms with van der Waals surface area (Å²) in [6.07, 6.45) is 0.705. The Bertz CT molecular complexity index is 634. The highest BCUT2D eigenvalue weighted by Crippen LogP contribution is 2.23. The Hall–Kier alpha value is -2.11. The van der Waals surface area contributed by atoms with Gasteiger partial charge in [0.05, 0.1) is 0 Å². The van der Waals surface area contributed by atoms with Crippen LogP contribution in [0.3, 0.4) is 0 Å². The van der Waals surface area contributed by atoms with Crippen molar-refractivity contribution in [3.63, 3.8) is 0 Å². The molecular formula is C15H16F3N3. The zero-order chi connectivity index (χ0) is 15.6. The quantitative estimate of drug-likeness (QED) is 0.872. The van der Waals surface area contributed by atoms with Crippen molar-refractivity contribution < 1.29 is 13.2 Å². The standard InChI is InChI=1S/C15H16F3N3/c1-8(2)4-10-7-13(19-3)21-15(20-10)9-5-11(16)14(18)12(17)6-9/h5-8H,4H2,1-3H3,(H,19,20,21). The summed E-state index contributed by atoms with van der Waals surface area (Å²) in [5.74, 6) is -2.93. The lowest BCUT2D eigenvalue weighted by Gasteiger charge is -2.10. The molecule has 112 valence electrons. The van der Waals surface area contributed by atoms with Crippen LogP contribution < -0.4 is 5.32 Å². The smallest absolute Gasteiger partial charge is 0.194 e. The molecule has 0 unspecified atom stereocenters. The number of rotatable bonds is 4. The molecule has 2 rings (SSSR count). The Morgan fingerprint density at radius 1 is 1.05 bits per heavy atom. The van der Waals surface area contributed by atoms with Gasteiger partial charge < -0.3 is 5.32 Å². The molecule has 1 aromatic heterocycles. The molecule has 0 atom stereocenters. The van der Waals surface area contributed by atoms with Crippen molar-refractivity contribution >= 4 is 5.82 Å². The van der Waals surface area contributed by atoms with Gasteiger partial charge >= 0.3 is 0 Å². The van der Waals surface area contributed by atoms with E-state index in [1.54, 1.807) is 13.1 Å². The number of aromatic nitrogens is 2. The van der Waals surface area contributed by atoms with E-state index in [0.717, 1.165) is 17.8 Å². The zero-order valence-corrected chi connectivity index (χ0v) is 12.0. The molecule has 1 heterocycles. The number of anilines is 1. The van der Waals surface area contributed by atoms with E-state index in [2.05, 4.69) is 15.3 Å². The van der Waals surface area contributed by atoms with E-state index in [1.165, 1.54) is 0 Å². The van der Waals surface area contributed by atoms with E-state index in [0.29, 0.717) is 18.2 Å². The monoisotopic (exact) mass is 295 g/mol. The number of hydrogen-bond donors (Lipinski definition) is 1. The van der Waals surface area contributed by atoms with Crippen LogP contribution in [0.5, 0.6) is 0 Å². The highest BCUT2D eigenvalue weighted by Gasteiger charge is 2.14. The van der Waals surface area contributed by atoms with Gasteiger partial charge in [-0.3, -0.25) is 0 Å². The van der Waals surface area contributed by atoms with Gasteiger partial charge in [-0.15, -0.1) is 0 Å². The first kappa shape index (κ1) is 15.3. The molecule has 6 heteroatoms. The van der Waals surface area contributed by atoms with Crippen molar-refractivity contribution in [3.05, 3.63) is 41.3 Å². The van der Waals surface area contributed by atoms with Gasteiger partial charge in [-0.1, -0.05) is 13.8 Å². The van der Waals surface area contributed by atoms with Crippen LogP contribution in [0, 0.1) is 23.4 Å². The Morgan fingerprint density at radius 2 is 1.67 bits per heavy atom. The van der Waals surface area contributed by atoms with E-state index >= 15 is 0 Å². The number of halogens is 3. The minimum Gasteiger partial charge on any atom is -0.373 e. The van der Waals surface area contributed by atoms with E-state index in [1.807, 2.05) is 13.8 Å².